The van der Waals surface area contributed by atoms with Gasteiger partial charge in [-0.25, -0.2) is 8.42 Å². The molecule has 0 amide bonds. The van der Waals surface area contributed by atoms with Crippen LogP contribution in [-0.2, 0) is 15.8 Å². The Hall–Kier alpha value is -1.38. The number of piperidine rings is 1. The fourth-order valence-corrected chi connectivity index (χ4v) is 4.78. The van der Waals surface area contributed by atoms with Crippen LogP contribution in [0, 0.1) is 11.3 Å². The minimum atomic E-state index is -3.28. The van der Waals surface area contributed by atoms with Crippen LogP contribution in [0.15, 0.2) is 24.3 Å². The van der Waals surface area contributed by atoms with Gasteiger partial charge in [0, 0.05) is 12.6 Å². The summed E-state index contributed by atoms with van der Waals surface area (Å²) in [4.78, 5) is 0. The molecule has 0 N–H and O–H groups in total. The summed E-state index contributed by atoms with van der Waals surface area (Å²) in [5, 5.41) is 8.78. The average Bonchev–Trinajstić information content (AvgIpc) is 2.48. The molecule has 1 fully saturated rings. The molecule has 4 nitrogen and oxygen atoms in total. The second kappa shape index (κ2) is 7.06. The van der Waals surface area contributed by atoms with Crippen molar-refractivity contribution in [3.63, 3.8) is 0 Å². The Balaban J connectivity index is 2.14. The van der Waals surface area contributed by atoms with Crippen LogP contribution in [0.5, 0.6) is 0 Å². The lowest BCUT2D eigenvalue weighted by molar-refractivity contribution is 0.239. The van der Waals surface area contributed by atoms with Gasteiger partial charge in [0.15, 0.2) is 0 Å². The van der Waals surface area contributed by atoms with Gasteiger partial charge in [0.25, 0.3) is 0 Å². The summed E-state index contributed by atoms with van der Waals surface area (Å²) < 4.78 is 27.0. The van der Waals surface area contributed by atoms with E-state index >= 15 is 0 Å². The molecule has 1 heterocycles. The minimum absolute atomic E-state index is 0.0267. The lowest BCUT2D eigenvalue weighted by Gasteiger charge is -2.34. The monoisotopic (exact) mass is 306 g/mol. The molecule has 1 atom stereocenters. The Bertz CT molecular complexity index is 600. The molecule has 0 saturated carbocycles. The predicted octanol–water partition coefficient (Wildman–Crippen LogP) is 3.04. The molecular formula is C16H22N2O2S. The molecular weight excluding hydrogens is 284 g/mol. The fourth-order valence-electron chi connectivity index (χ4n) is 2.93. The van der Waals surface area contributed by atoms with Gasteiger partial charge in [0.2, 0.25) is 10.0 Å². The zero-order chi connectivity index (χ0) is 15.3. The molecule has 0 radical (unpaired) electrons. The molecule has 0 spiro atoms. The van der Waals surface area contributed by atoms with Crippen LogP contribution in [-0.4, -0.2) is 25.3 Å². The molecule has 0 aromatic heterocycles. The van der Waals surface area contributed by atoms with E-state index in [0.717, 1.165) is 37.7 Å². The van der Waals surface area contributed by atoms with Crippen molar-refractivity contribution < 1.29 is 8.42 Å². The number of hydrogen-bond donors (Lipinski definition) is 0. The third-order valence-electron chi connectivity index (χ3n) is 3.98. The topological polar surface area (TPSA) is 61.2 Å². The number of rotatable bonds is 5. The average molecular weight is 306 g/mol. The molecule has 21 heavy (non-hydrogen) atoms. The first-order valence-electron chi connectivity index (χ1n) is 7.55. The van der Waals surface area contributed by atoms with Crippen LogP contribution >= 0.6 is 0 Å². The summed E-state index contributed by atoms with van der Waals surface area (Å²) in [6.07, 6.45) is 4.99. The van der Waals surface area contributed by atoms with Gasteiger partial charge in [0.1, 0.15) is 0 Å². The highest BCUT2D eigenvalue weighted by Crippen LogP contribution is 2.25. The summed E-state index contributed by atoms with van der Waals surface area (Å²) in [5.74, 6) is 0.0267. The van der Waals surface area contributed by atoms with Crippen LogP contribution < -0.4 is 0 Å². The zero-order valence-electron chi connectivity index (χ0n) is 12.5. The molecule has 2 rings (SSSR count). The molecule has 1 aliphatic heterocycles. The lowest BCUT2D eigenvalue weighted by atomic mass is 10.0. The summed E-state index contributed by atoms with van der Waals surface area (Å²) in [5.41, 5.74) is 1.30. The van der Waals surface area contributed by atoms with Gasteiger partial charge in [-0.15, -0.1) is 0 Å². The number of benzene rings is 1. The fraction of sp³-hybridized carbons (Fsp3) is 0.562. The Kier molecular flexibility index (Phi) is 5.38. The first kappa shape index (κ1) is 16.0. The van der Waals surface area contributed by atoms with Crippen LogP contribution in [0.2, 0.25) is 0 Å². The Morgan fingerprint density at radius 2 is 2.00 bits per heavy atom. The minimum Gasteiger partial charge on any atom is -0.212 e. The summed E-state index contributed by atoms with van der Waals surface area (Å²) in [7, 11) is -3.28. The van der Waals surface area contributed by atoms with Gasteiger partial charge < -0.3 is 0 Å². The Labute approximate surface area is 127 Å². The molecule has 0 aliphatic carbocycles. The van der Waals surface area contributed by atoms with Crippen molar-refractivity contribution in [1.29, 1.82) is 5.26 Å². The van der Waals surface area contributed by atoms with E-state index < -0.39 is 10.0 Å². The van der Waals surface area contributed by atoms with Crippen molar-refractivity contribution in [3.8, 4) is 6.07 Å². The van der Waals surface area contributed by atoms with Crippen molar-refractivity contribution in [1.82, 2.24) is 4.31 Å². The maximum absolute atomic E-state index is 12.7. The highest BCUT2D eigenvalue weighted by molar-refractivity contribution is 7.88. The summed E-state index contributed by atoms with van der Waals surface area (Å²) in [6, 6.07) is 9.01. The standard InChI is InChI=1S/C16H22N2O2S/c1-2-5-16-6-3-4-11-18(16)21(19,20)13-15-9-7-14(12-17)8-10-15/h7-10,16H,2-6,11,13H2,1H3. The number of nitrogens with zero attached hydrogens (tertiary/aromatic N) is 2. The molecule has 1 aliphatic rings. The zero-order valence-corrected chi connectivity index (χ0v) is 13.3. The van der Waals surface area contributed by atoms with Gasteiger partial charge in [-0.05, 0) is 37.0 Å². The van der Waals surface area contributed by atoms with E-state index in [9.17, 15) is 8.42 Å². The highest BCUT2D eigenvalue weighted by atomic mass is 32.2. The smallest absolute Gasteiger partial charge is 0.212 e. The van der Waals surface area contributed by atoms with E-state index in [4.69, 9.17) is 5.26 Å². The molecule has 5 heteroatoms. The largest absolute Gasteiger partial charge is 0.218 e. The van der Waals surface area contributed by atoms with Crippen molar-refractivity contribution >= 4 is 10.0 Å². The maximum Gasteiger partial charge on any atom is 0.218 e. The third-order valence-corrected chi connectivity index (χ3v) is 5.88. The van der Waals surface area contributed by atoms with E-state index in [2.05, 4.69) is 6.92 Å². The molecule has 1 unspecified atom stereocenters. The Morgan fingerprint density at radius 3 is 2.62 bits per heavy atom. The highest BCUT2D eigenvalue weighted by Gasteiger charge is 2.31. The molecule has 1 saturated heterocycles. The second-order valence-corrected chi connectivity index (χ2v) is 7.54. The quantitative estimate of drug-likeness (QED) is 0.840. The van der Waals surface area contributed by atoms with Gasteiger partial charge in [-0.2, -0.15) is 9.57 Å². The van der Waals surface area contributed by atoms with Crippen molar-refractivity contribution in [3.05, 3.63) is 35.4 Å². The second-order valence-electron chi connectivity index (χ2n) is 5.61. The number of hydrogen-bond acceptors (Lipinski definition) is 3. The SMILES string of the molecule is CCCC1CCCCN1S(=O)(=O)Cc1ccc(C#N)cc1. The predicted molar refractivity (Wildman–Crippen MR) is 83.0 cm³/mol. The van der Waals surface area contributed by atoms with Crippen molar-refractivity contribution in [2.45, 2.75) is 50.8 Å². The summed E-state index contributed by atoms with van der Waals surface area (Å²) in [6.45, 7) is 2.74. The normalized spacial score (nSPS) is 20.1. The maximum atomic E-state index is 12.7. The van der Waals surface area contributed by atoms with Gasteiger partial charge in [-0.3, -0.25) is 0 Å². The van der Waals surface area contributed by atoms with Gasteiger partial charge in [-0.1, -0.05) is 31.9 Å². The molecule has 114 valence electrons. The van der Waals surface area contributed by atoms with Crippen LogP contribution in [0.1, 0.15) is 50.2 Å². The molecule has 1 aromatic rings. The first-order valence-corrected chi connectivity index (χ1v) is 9.16. The molecule has 0 bridgehead atoms. The van der Waals surface area contributed by atoms with Crippen molar-refractivity contribution in [2.24, 2.45) is 0 Å². The van der Waals surface area contributed by atoms with Crippen LogP contribution in [0.25, 0.3) is 0 Å². The van der Waals surface area contributed by atoms with Crippen LogP contribution in [0.4, 0.5) is 0 Å². The van der Waals surface area contributed by atoms with E-state index in [-0.39, 0.29) is 11.8 Å². The third kappa shape index (κ3) is 4.05. The van der Waals surface area contributed by atoms with Crippen LogP contribution in [0.3, 0.4) is 0 Å². The lowest BCUT2D eigenvalue weighted by Crippen LogP contribution is -2.44. The van der Waals surface area contributed by atoms with E-state index in [1.54, 1.807) is 28.6 Å². The van der Waals surface area contributed by atoms with E-state index in [1.807, 2.05) is 6.07 Å². The summed E-state index contributed by atoms with van der Waals surface area (Å²) >= 11 is 0. The number of sulfonamides is 1. The number of nitriles is 1. The van der Waals surface area contributed by atoms with E-state index in [1.165, 1.54) is 0 Å². The van der Waals surface area contributed by atoms with Gasteiger partial charge >= 0.3 is 0 Å². The first-order chi connectivity index (χ1) is 10.1. The van der Waals surface area contributed by atoms with Gasteiger partial charge in [0.05, 0.1) is 17.4 Å². The van der Waals surface area contributed by atoms with Crippen molar-refractivity contribution in [2.75, 3.05) is 6.54 Å². The Morgan fingerprint density at radius 1 is 1.29 bits per heavy atom. The van der Waals surface area contributed by atoms with E-state index in [0.29, 0.717) is 12.1 Å². The molecule has 1 aromatic carbocycles.